The summed E-state index contributed by atoms with van der Waals surface area (Å²) >= 11 is 3.37. The van der Waals surface area contributed by atoms with Gasteiger partial charge in [-0.25, -0.2) is 0 Å². The number of carbonyl (C=O) groups is 1. The summed E-state index contributed by atoms with van der Waals surface area (Å²) in [7, 11) is 1.57. The predicted octanol–water partition coefficient (Wildman–Crippen LogP) is 4.52. The smallest absolute Gasteiger partial charge is 0.266 e. The number of halogens is 1. The first kappa shape index (κ1) is 17.5. The van der Waals surface area contributed by atoms with Crippen LogP contribution >= 0.6 is 15.9 Å². The van der Waals surface area contributed by atoms with E-state index in [0.29, 0.717) is 15.9 Å². The van der Waals surface area contributed by atoms with Crippen molar-refractivity contribution in [1.82, 2.24) is 0 Å². The largest absolute Gasteiger partial charge is 0.497 e. The van der Waals surface area contributed by atoms with E-state index in [1.54, 1.807) is 31.4 Å². The average Bonchev–Trinajstić information content (AvgIpc) is 2.61. The predicted molar refractivity (Wildman–Crippen MR) is 98.7 cm³/mol. The van der Waals surface area contributed by atoms with Gasteiger partial charge in [-0.15, -0.1) is 0 Å². The number of anilines is 1. The number of hydrogen-bond donors (Lipinski definition) is 1. The molecular formula is C19H15BrN2O2. The lowest BCUT2D eigenvalue weighted by Gasteiger charge is -2.05. The van der Waals surface area contributed by atoms with E-state index in [1.165, 1.54) is 6.08 Å². The first-order valence-corrected chi connectivity index (χ1v) is 7.91. The Morgan fingerprint density at radius 1 is 1.17 bits per heavy atom. The van der Waals surface area contributed by atoms with Gasteiger partial charge in [0.1, 0.15) is 17.4 Å². The highest BCUT2D eigenvalue weighted by Gasteiger charge is 2.09. The van der Waals surface area contributed by atoms with Gasteiger partial charge in [-0.1, -0.05) is 46.3 Å². The van der Waals surface area contributed by atoms with Gasteiger partial charge >= 0.3 is 0 Å². The molecule has 4 nitrogen and oxygen atoms in total. The molecule has 0 aliphatic carbocycles. The molecule has 1 amide bonds. The monoisotopic (exact) mass is 382 g/mol. The Kier molecular flexibility index (Phi) is 6.35. The Bertz CT molecular complexity index is 804. The molecule has 0 aliphatic heterocycles. The molecule has 0 aromatic heterocycles. The Morgan fingerprint density at radius 2 is 1.83 bits per heavy atom. The quantitative estimate of drug-likeness (QED) is 0.469. The van der Waals surface area contributed by atoms with E-state index in [1.807, 2.05) is 42.5 Å². The van der Waals surface area contributed by atoms with Crippen LogP contribution in [0.5, 0.6) is 5.75 Å². The van der Waals surface area contributed by atoms with E-state index in [0.717, 1.165) is 5.56 Å². The molecule has 0 saturated carbocycles. The lowest BCUT2D eigenvalue weighted by molar-refractivity contribution is -0.112. The van der Waals surface area contributed by atoms with Crippen LogP contribution in [0.3, 0.4) is 0 Å². The SMILES string of the molecule is COc1ccc(NC(=O)/C(C#N)=C/C(Br)=C/c2ccccc2)cc1. The van der Waals surface area contributed by atoms with Crippen LogP contribution in [0, 0.1) is 11.3 Å². The molecule has 0 heterocycles. The highest BCUT2D eigenvalue weighted by molar-refractivity contribution is 9.12. The van der Waals surface area contributed by atoms with Gasteiger partial charge in [0.2, 0.25) is 0 Å². The van der Waals surface area contributed by atoms with Crippen LogP contribution in [0.1, 0.15) is 5.56 Å². The average molecular weight is 383 g/mol. The molecule has 1 N–H and O–H groups in total. The molecule has 120 valence electrons. The van der Waals surface area contributed by atoms with Crippen LogP contribution in [-0.2, 0) is 4.79 Å². The van der Waals surface area contributed by atoms with Crippen molar-refractivity contribution in [3.05, 3.63) is 76.3 Å². The second-order valence-electron chi connectivity index (χ2n) is 4.79. The number of carbonyl (C=O) groups excluding carboxylic acids is 1. The first-order chi connectivity index (χ1) is 11.6. The van der Waals surface area contributed by atoms with E-state index in [-0.39, 0.29) is 5.57 Å². The molecule has 0 spiro atoms. The summed E-state index contributed by atoms with van der Waals surface area (Å²) < 4.78 is 5.70. The maximum atomic E-state index is 12.2. The van der Waals surface area contributed by atoms with Gasteiger partial charge in [0.25, 0.3) is 5.91 Å². The molecular weight excluding hydrogens is 368 g/mol. The number of benzene rings is 2. The van der Waals surface area contributed by atoms with Gasteiger partial charge in [0.05, 0.1) is 7.11 Å². The normalized spacial score (nSPS) is 11.5. The highest BCUT2D eigenvalue weighted by Crippen LogP contribution is 2.18. The second-order valence-corrected chi connectivity index (χ2v) is 5.71. The van der Waals surface area contributed by atoms with E-state index in [4.69, 9.17) is 4.74 Å². The molecule has 2 aromatic rings. The van der Waals surface area contributed by atoms with E-state index in [2.05, 4.69) is 21.2 Å². The van der Waals surface area contributed by atoms with Crippen molar-refractivity contribution in [3.63, 3.8) is 0 Å². The number of amides is 1. The summed E-state index contributed by atoms with van der Waals surface area (Å²) in [4.78, 5) is 12.2. The minimum atomic E-state index is -0.471. The van der Waals surface area contributed by atoms with E-state index < -0.39 is 5.91 Å². The molecule has 0 radical (unpaired) electrons. The number of ether oxygens (including phenoxy) is 1. The summed E-state index contributed by atoms with van der Waals surface area (Å²) in [6.45, 7) is 0. The highest BCUT2D eigenvalue weighted by atomic mass is 79.9. The number of allylic oxidation sites excluding steroid dienone is 2. The Labute approximate surface area is 149 Å². The zero-order valence-corrected chi connectivity index (χ0v) is 14.6. The van der Waals surface area contributed by atoms with Crippen molar-refractivity contribution in [2.75, 3.05) is 12.4 Å². The fraction of sp³-hybridized carbons (Fsp3) is 0.0526. The van der Waals surface area contributed by atoms with Crippen LogP contribution in [0.25, 0.3) is 6.08 Å². The summed E-state index contributed by atoms with van der Waals surface area (Å²) in [5.41, 5.74) is 1.56. The van der Waals surface area contributed by atoms with Crippen molar-refractivity contribution < 1.29 is 9.53 Å². The number of nitriles is 1. The molecule has 2 aromatic carbocycles. The summed E-state index contributed by atoms with van der Waals surface area (Å²) in [6.07, 6.45) is 3.32. The van der Waals surface area contributed by atoms with Crippen LogP contribution in [-0.4, -0.2) is 13.0 Å². The molecule has 0 saturated heterocycles. The minimum Gasteiger partial charge on any atom is -0.497 e. The standard InChI is InChI=1S/C19H15BrN2O2/c1-24-18-9-7-17(8-10-18)22-19(23)15(13-21)12-16(20)11-14-5-3-2-4-6-14/h2-12H,1H3,(H,22,23)/b15-12+,16-11-. The van der Waals surface area contributed by atoms with Gasteiger partial charge in [-0.05, 0) is 42.0 Å². The lowest BCUT2D eigenvalue weighted by atomic mass is 10.2. The third kappa shape index (κ3) is 5.11. The lowest BCUT2D eigenvalue weighted by Crippen LogP contribution is -2.13. The maximum Gasteiger partial charge on any atom is 0.266 e. The molecule has 2 rings (SSSR count). The first-order valence-electron chi connectivity index (χ1n) is 7.12. The van der Waals surface area contributed by atoms with Gasteiger partial charge in [0, 0.05) is 10.2 Å². The molecule has 5 heteroatoms. The van der Waals surface area contributed by atoms with Crippen LogP contribution in [0.4, 0.5) is 5.69 Å². The molecule has 0 fully saturated rings. The fourth-order valence-corrected chi connectivity index (χ4v) is 2.40. The van der Waals surface area contributed by atoms with Gasteiger partial charge < -0.3 is 10.1 Å². The molecule has 0 atom stereocenters. The van der Waals surface area contributed by atoms with Crippen molar-refractivity contribution in [1.29, 1.82) is 5.26 Å². The topological polar surface area (TPSA) is 62.1 Å². The second kappa shape index (κ2) is 8.70. The van der Waals surface area contributed by atoms with Gasteiger partial charge in [0.15, 0.2) is 0 Å². The summed E-state index contributed by atoms with van der Waals surface area (Å²) in [6, 6.07) is 18.4. The number of hydrogen-bond acceptors (Lipinski definition) is 3. The number of nitrogens with one attached hydrogen (secondary N) is 1. The number of rotatable bonds is 5. The van der Waals surface area contributed by atoms with Crippen molar-refractivity contribution in [2.24, 2.45) is 0 Å². The number of methoxy groups -OCH3 is 1. The molecule has 0 unspecified atom stereocenters. The molecule has 0 bridgehead atoms. The Morgan fingerprint density at radius 3 is 2.42 bits per heavy atom. The molecule has 0 aliphatic rings. The third-order valence-electron chi connectivity index (χ3n) is 3.10. The fourth-order valence-electron chi connectivity index (χ4n) is 1.91. The maximum absolute atomic E-state index is 12.2. The minimum absolute atomic E-state index is 0.00451. The number of nitrogens with zero attached hydrogens (tertiary/aromatic N) is 1. The zero-order chi connectivity index (χ0) is 17.4. The van der Waals surface area contributed by atoms with Crippen molar-refractivity contribution in [3.8, 4) is 11.8 Å². The van der Waals surface area contributed by atoms with E-state index in [9.17, 15) is 10.1 Å². The van der Waals surface area contributed by atoms with Crippen molar-refractivity contribution >= 4 is 33.6 Å². The molecule has 24 heavy (non-hydrogen) atoms. The van der Waals surface area contributed by atoms with Crippen molar-refractivity contribution in [2.45, 2.75) is 0 Å². The van der Waals surface area contributed by atoms with E-state index >= 15 is 0 Å². The Balaban J connectivity index is 2.13. The third-order valence-corrected chi connectivity index (χ3v) is 3.56. The Hall–Kier alpha value is -2.84. The summed E-state index contributed by atoms with van der Waals surface area (Å²) in [5, 5.41) is 11.9. The van der Waals surface area contributed by atoms with Crippen LogP contribution in [0.15, 0.2) is 70.7 Å². The van der Waals surface area contributed by atoms with Gasteiger partial charge in [-0.2, -0.15) is 5.26 Å². The van der Waals surface area contributed by atoms with Gasteiger partial charge in [-0.3, -0.25) is 4.79 Å². The zero-order valence-electron chi connectivity index (χ0n) is 13.0. The van der Waals surface area contributed by atoms with Crippen LogP contribution < -0.4 is 10.1 Å². The summed E-state index contributed by atoms with van der Waals surface area (Å²) in [5.74, 6) is 0.221. The van der Waals surface area contributed by atoms with Crippen LogP contribution in [0.2, 0.25) is 0 Å².